The van der Waals surface area contributed by atoms with Gasteiger partial charge in [-0.2, -0.15) is 0 Å². The van der Waals surface area contributed by atoms with E-state index in [1.54, 1.807) is 0 Å². The van der Waals surface area contributed by atoms with Gasteiger partial charge in [-0.1, -0.05) is 103 Å². The molecule has 0 aliphatic heterocycles. The predicted molar refractivity (Wildman–Crippen MR) is 104 cm³/mol. The zero-order valence-corrected chi connectivity index (χ0v) is 14.5. The van der Waals surface area contributed by atoms with Crippen LogP contribution in [0.3, 0.4) is 0 Å². The lowest BCUT2D eigenvalue weighted by Gasteiger charge is -2.33. The van der Waals surface area contributed by atoms with E-state index in [1.807, 2.05) is 0 Å². The van der Waals surface area contributed by atoms with Crippen molar-refractivity contribution in [2.24, 2.45) is 0 Å². The number of hydrogen-bond donors (Lipinski definition) is 0. The van der Waals surface area contributed by atoms with E-state index in [9.17, 15) is 0 Å². The van der Waals surface area contributed by atoms with Crippen LogP contribution < -0.4 is 15.6 Å². The number of allylic oxidation sites excluding steroid dienone is 2. The summed E-state index contributed by atoms with van der Waals surface area (Å²) in [6, 6.07) is 34.2. The summed E-state index contributed by atoms with van der Waals surface area (Å²) in [5.74, 6) is 0. The average Bonchev–Trinajstić information content (AvgIpc) is 2.65. The molecule has 0 saturated carbocycles. The molecule has 0 saturated heterocycles. The van der Waals surface area contributed by atoms with E-state index in [1.165, 1.54) is 15.6 Å². The van der Waals surface area contributed by atoms with Gasteiger partial charge in [-0.25, -0.2) is 0 Å². The smallest absolute Gasteiger partial charge is 0.0919 e. The Morgan fingerprint density at radius 1 is 0.609 bits per heavy atom. The molecule has 0 amide bonds. The van der Waals surface area contributed by atoms with Gasteiger partial charge in [0.1, 0.15) is 0 Å². The van der Waals surface area contributed by atoms with Gasteiger partial charge >= 0.3 is 0 Å². The Hall–Kier alpha value is -2.38. The fourth-order valence-electron chi connectivity index (χ4n) is 3.32. The third-order valence-electron chi connectivity index (χ3n) is 4.46. The molecule has 0 atom stereocenters. The topological polar surface area (TPSA) is 0 Å². The highest BCUT2D eigenvalue weighted by Gasteiger charge is 2.37. The van der Waals surface area contributed by atoms with Crippen molar-refractivity contribution in [2.75, 3.05) is 0 Å². The van der Waals surface area contributed by atoms with Gasteiger partial charge in [0.05, 0.1) is 0 Å². The second kappa shape index (κ2) is 7.25. The van der Waals surface area contributed by atoms with Crippen LogP contribution in [-0.4, -0.2) is 8.07 Å². The molecule has 0 radical (unpaired) electrons. The molecule has 0 spiro atoms. The van der Waals surface area contributed by atoms with Crippen molar-refractivity contribution in [1.82, 2.24) is 0 Å². The van der Waals surface area contributed by atoms with Crippen LogP contribution >= 0.6 is 0 Å². The van der Waals surface area contributed by atoms with Crippen molar-refractivity contribution >= 4 is 23.6 Å². The Kier molecular flexibility index (Phi) is 4.89. The molecule has 0 bridgehead atoms. The highest BCUT2D eigenvalue weighted by Crippen LogP contribution is 2.13. The van der Waals surface area contributed by atoms with Crippen molar-refractivity contribution in [3.05, 3.63) is 103 Å². The van der Waals surface area contributed by atoms with E-state index in [2.05, 4.69) is 110 Å². The zero-order valence-electron chi connectivity index (χ0n) is 13.5. The monoisotopic (exact) mass is 314 g/mol. The number of rotatable bonds is 5. The van der Waals surface area contributed by atoms with Crippen LogP contribution in [0.5, 0.6) is 0 Å². The number of hydrogen-bond acceptors (Lipinski definition) is 0. The van der Waals surface area contributed by atoms with Gasteiger partial charge < -0.3 is 0 Å². The summed E-state index contributed by atoms with van der Waals surface area (Å²) in [5.41, 5.74) is 0. The Morgan fingerprint density at radius 3 is 1.26 bits per heavy atom. The van der Waals surface area contributed by atoms with Crippen LogP contribution in [0.4, 0.5) is 0 Å². The molecule has 3 rings (SSSR count). The molecule has 3 aromatic carbocycles. The molecule has 23 heavy (non-hydrogen) atoms. The van der Waals surface area contributed by atoms with Crippen molar-refractivity contribution in [2.45, 2.75) is 13.0 Å². The Morgan fingerprint density at radius 2 is 0.957 bits per heavy atom. The van der Waals surface area contributed by atoms with Crippen LogP contribution in [0.15, 0.2) is 103 Å². The van der Waals surface area contributed by atoms with E-state index in [0.29, 0.717) is 0 Å². The van der Waals surface area contributed by atoms with Crippen molar-refractivity contribution in [1.29, 1.82) is 0 Å². The Balaban J connectivity index is 2.30. The minimum Gasteiger partial charge on any atom is -0.0919 e. The number of benzene rings is 3. The molecule has 0 heterocycles. The lowest BCUT2D eigenvalue weighted by molar-refractivity contribution is 1.53. The first-order valence-corrected chi connectivity index (χ1v) is 10.4. The van der Waals surface area contributed by atoms with Gasteiger partial charge in [0, 0.05) is 0 Å². The Bertz CT molecular complexity index is 649. The van der Waals surface area contributed by atoms with Crippen molar-refractivity contribution < 1.29 is 0 Å². The van der Waals surface area contributed by atoms with Crippen molar-refractivity contribution in [3.63, 3.8) is 0 Å². The maximum absolute atomic E-state index is 2.33. The van der Waals surface area contributed by atoms with E-state index >= 15 is 0 Å². The van der Waals surface area contributed by atoms with Gasteiger partial charge in [-0.15, -0.1) is 0 Å². The first-order chi connectivity index (χ1) is 11.4. The normalized spacial score (nSPS) is 11.7. The minimum atomic E-state index is -2.03. The summed E-state index contributed by atoms with van der Waals surface area (Å²) in [5, 5.41) is 4.40. The van der Waals surface area contributed by atoms with Gasteiger partial charge in [0.25, 0.3) is 0 Å². The van der Waals surface area contributed by atoms with E-state index < -0.39 is 8.07 Å². The molecular weight excluding hydrogens is 292 g/mol. The summed E-state index contributed by atoms with van der Waals surface area (Å²) in [6.07, 6.45) is 4.51. The standard InChI is InChI=1S/C22H22Si/c1-2-3-19-23(20-13-7-4-8-14-20,21-15-9-5-10-16-21)22-17-11-6-12-18-22/h2-18H,19H2,1H3. The molecule has 0 unspecified atom stereocenters. The molecular formula is C22H22Si. The van der Waals surface area contributed by atoms with E-state index in [4.69, 9.17) is 0 Å². The van der Waals surface area contributed by atoms with Gasteiger partial charge in [0.2, 0.25) is 0 Å². The molecule has 0 N–H and O–H groups in total. The second-order valence-electron chi connectivity index (χ2n) is 5.78. The summed E-state index contributed by atoms with van der Waals surface area (Å²) < 4.78 is 0. The summed E-state index contributed by atoms with van der Waals surface area (Å²) >= 11 is 0. The molecule has 0 fully saturated rings. The van der Waals surface area contributed by atoms with Crippen molar-refractivity contribution in [3.8, 4) is 0 Å². The fourth-order valence-corrected chi connectivity index (χ4v) is 7.90. The molecule has 0 aliphatic carbocycles. The lowest BCUT2D eigenvalue weighted by atomic mass is 10.3. The molecule has 3 aromatic rings. The molecule has 0 aromatic heterocycles. The average molecular weight is 315 g/mol. The molecule has 0 nitrogen and oxygen atoms in total. The van der Waals surface area contributed by atoms with Crippen LogP contribution in [0.1, 0.15) is 6.92 Å². The summed E-state index contributed by atoms with van der Waals surface area (Å²) in [6.45, 7) is 2.11. The fraction of sp³-hybridized carbons (Fsp3) is 0.0909. The first-order valence-electron chi connectivity index (χ1n) is 8.15. The van der Waals surface area contributed by atoms with E-state index in [-0.39, 0.29) is 0 Å². The van der Waals surface area contributed by atoms with Gasteiger partial charge in [-0.3, -0.25) is 0 Å². The minimum absolute atomic E-state index is 1.08. The SMILES string of the molecule is CC=CC[Si](c1ccccc1)(c1ccccc1)c1ccccc1. The second-order valence-corrected chi connectivity index (χ2v) is 9.73. The molecule has 1 heteroatoms. The van der Waals surface area contributed by atoms with Crippen LogP contribution in [0, 0.1) is 0 Å². The summed E-state index contributed by atoms with van der Waals surface area (Å²) in [7, 11) is -2.03. The molecule has 114 valence electrons. The lowest BCUT2D eigenvalue weighted by Crippen LogP contribution is -2.66. The molecule has 0 aliphatic rings. The third kappa shape index (κ3) is 3.06. The van der Waals surface area contributed by atoms with Crippen LogP contribution in [0.2, 0.25) is 6.04 Å². The van der Waals surface area contributed by atoms with Crippen LogP contribution in [0.25, 0.3) is 0 Å². The third-order valence-corrected chi connectivity index (χ3v) is 9.26. The van der Waals surface area contributed by atoms with E-state index in [0.717, 1.165) is 6.04 Å². The highest BCUT2D eigenvalue weighted by molar-refractivity contribution is 7.11. The quantitative estimate of drug-likeness (QED) is 0.382. The largest absolute Gasteiger partial charge is 0.151 e. The first kappa shape index (κ1) is 15.5. The Labute approximate surface area is 140 Å². The predicted octanol–water partition coefficient (Wildman–Crippen LogP) is 3.73. The van der Waals surface area contributed by atoms with Gasteiger partial charge in [-0.05, 0) is 28.5 Å². The highest BCUT2D eigenvalue weighted by atomic mass is 28.3. The summed E-state index contributed by atoms with van der Waals surface area (Å²) in [4.78, 5) is 0. The van der Waals surface area contributed by atoms with Crippen LogP contribution in [-0.2, 0) is 0 Å². The maximum atomic E-state index is 2.33. The maximum Gasteiger partial charge on any atom is 0.151 e. The van der Waals surface area contributed by atoms with Gasteiger partial charge in [0.15, 0.2) is 8.07 Å². The zero-order chi connectivity index (χ0) is 16.0.